The number of aryl methyl sites for hydroxylation is 4. The van der Waals surface area contributed by atoms with Crippen molar-refractivity contribution < 1.29 is 13.2 Å². The van der Waals surface area contributed by atoms with Crippen LogP contribution in [0.25, 0.3) is 44.8 Å². The zero-order valence-electron chi connectivity index (χ0n) is 26.8. The van der Waals surface area contributed by atoms with Crippen molar-refractivity contribution in [1.29, 1.82) is 0 Å². The van der Waals surface area contributed by atoms with Gasteiger partial charge in [-0.05, 0) is 147 Å². The molecule has 0 aliphatic carbocycles. The van der Waals surface area contributed by atoms with Crippen LogP contribution in [-0.2, 0) is 5.41 Å². The highest BCUT2D eigenvalue weighted by atomic mass is 19.1. The van der Waals surface area contributed by atoms with E-state index in [1.807, 2.05) is 30.3 Å². The molecule has 0 spiro atoms. The smallest absolute Gasteiger partial charge is 0.135 e. The highest BCUT2D eigenvalue weighted by molar-refractivity contribution is 5.78. The molecule has 0 saturated carbocycles. The number of hydrogen-bond donors (Lipinski definition) is 0. The van der Waals surface area contributed by atoms with Gasteiger partial charge in [0.15, 0.2) is 0 Å². The van der Waals surface area contributed by atoms with E-state index in [1.165, 1.54) is 24.3 Å². The molecule has 0 fully saturated rings. The molecule has 0 bridgehead atoms. The van der Waals surface area contributed by atoms with Gasteiger partial charge in [-0.3, -0.25) is 9.97 Å². The number of nitrogens with zero attached hydrogens (tertiary/aromatic N) is 2. The Morgan fingerprint density at radius 2 is 0.935 bits per heavy atom. The minimum atomic E-state index is -0.765. The summed E-state index contributed by atoms with van der Waals surface area (Å²) in [4.78, 5) is 10.2. The van der Waals surface area contributed by atoms with Gasteiger partial charge in [0.25, 0.3) is 0 Å². The van der Waals surface area contributed by atoms with E-state index in [1.54, 1.807) is 12.1 Å². The Morgan fingerprint density at radius 3 is 1.43 bits per heavy atom. The van der Waals surface area contributed by atoms with Crippen LogP contribution in [0.15, 0.2) is 103 Å². The van der Waals surface area contributed by atoms with Crippen LogP contribution < -0.4 is 0 Å². The maximum atomic E-state index is 15.2. The van der Waals surface area contributed by atoms with Gasteiger partial charge in [0.1, 0.15) is 17.5 Å². The van der Waals surface area contributed by atoms with Gasteiger partial charge in [-0.25, -0.2) is 13.2 Å². The maximum Gasteiger partial charge on any atom is 0.135 e. The first-order valence-corrected chi connectivity index (χ1v) is 15.3. The van der Waals surface area contributed by atoms with Crippen molar-refractivity contribution in [3.63, 3.8) is 0 Å². The van der Waals surface area contributed by atoms with E-state index in [2.05, 4.69) is 71.9 Å². The topological polar surface area (TPSA) is 25.8 Å². The van der Waals surface area contributed by atoms with Crippen LogP contribution in [0.2, 0.25) is 0 Å². The third-order valence-corrected chi connectivity index (χ3v) is 8.82. The van der Waals surface area contributed by atoms with Gasteiger partial charge in [-0.1, -0.05) is 36.4 Å². The molecule has 0 saturated heterocycles. The predicted octanol–water partition coefficient (Wildman–Crippen LogP) is 11.1. The molecule has 4 aromatic carbocycles. The maximum absolute atomic E-state index is 15.2. The molecule has 0 N–H and O–H groups in total. The van der Waals surface area contributed by atoms with Crippen LogP contribution >= 0.6 is 0 Å². The van der Waals surface area contributed by atoms with Crippen LogP contribution in [0.1, 0.15) is 47.5 Å². The first kappa shape index (κ1) is 31.0. The summed E-state index contributed by atoms with van der Waals surface area (Å²) in [5.41, 5.74) is 11.2. The molecule has 6 aromatic rings. The third kappa shape index (κ3) is 5.85. The molecule has 0 aliphatic rings. The molecule has 0 atom stereocenters. The van der Waals surface area contributed by atoms with Crippen LogP contribution in [0.5, 0.6) is 0 Å². The van der Waals surface area contributed by atoms with Gasteiger partial charge in [0.2, 0.25) is 0 Å². The van der Waals surface area contributed by atoms with E-state index in [9.17, 15) is 8.78 Å². The summed E-state index contributed by atoms with van der Waals surface area (Å²) < 4.78 is 43.1. The fraction of sp³-hybridized carbons (Fsp3) is 0.171. The second-order valence-corrected chi connectivity index (χ2v) is 12.5. The number of benzene rings is 4. The van der Waals surface area contributed by atoms with Crippen molar-refractivity contribution in [2.75, 3.05) is 0 Å². The number of pyridine rings is 2. The molecule has 0 unspecified atom stereocenters. The van der Waals surface area contributed by atoms with Crippen molar-refractivity contribution in [1.82, 2.24) is 9.97 Å². The first-order valence-electron chi connectivity index (χ1n) is 15.3. The summed E-state index contributed by atoms with van der Waals surface area (Å²) in [5, 5.41) is 0. The second kappa shape index (κ2) is 12.1. The Morgan fingerprint density at radius 1 is 0.478 bits per heavy atom. The largest absolute Gasteiger partial charge is 0.252 e. The Hall–Kier alpha value is -5.03. The number of rotatable bonds is 6. The van der Waals surface area contributed by atoms with Gasteiger partial charge < -0.3 is 0 Å². The van der Waals surface area contributed by atoms with E-state index in [0.29, 0.717) is 17.1 Å². The minimum absolute atomic E-state index is 0.218. The molecule has 2 aromatic heterocycles. The minimum Gasteiger partial charge on any atom is -0.252 e. The Bertz CT molecular complexity index is 2060. The number of halogens is 3. The van der Waals surface area contributed by atoms with Gasteiger partial charge >= 0.3 is 0 Å². The summed E-state index contributed by atoms with van der Waals surface area (Å²) in [6.45, 7) is 12.4. The van der Waals surface area contributed by atoms with Crippen LogP contribution in [0.4, 0.5) is 13.2 Å². The SMILES string of the molecule is Cc1cccc(C)c1-c1cc(-c2ccc(F)cc2)nc(C(C)(C)c2cc(-c3c(C)cccc3C)cc(-c3ccc(F)cc3F)n2)c1. The molecule has 2 nitrogen and oxygen atoms in total. The number of aromatic nitrogens is 2. The highest BCUT2D eigenvalue weighted by Crippen LogP contribution is 2.40. The lowest BCUT2D eigenvalue weighted by atomic mass is 9.81. The second-order valence-electron chi connectivity index (χ2n) is 12.5. The first-order chi connectivity index (χ1) is 21.9. The predicted molar refractivity (Wildman–Crippen MR) is 181 cm³/mol. The van der Waals surface area contributed by atoms with Gasteiger partial charge in [0, 0.05) is 22.6 Å². The van der Waals surface area contributed by atoms with Crippen LogP contribution in [-0.4, -0.2) is 9.97 Å². The standard InChI is InChI=1S/C41H35F3N2/c1-24-9-7-10-25(2)39(24)29-19-35(28-13-15-31(42)16-14-28)45-37(21-29)41(5,6)38-22-30(40-26(3)11-8-12-27(40)4)20-36(46-38)33-18-17-32(43)23-34(33)44/h7-23H,1-6H3. The number of hydrogen-bond acceptors (Lipinski definition) is 2. The molecule has 0 radical (unpaired) electrons. The summed E-state index contributed by atoms with van der Waals surface area (Å²) in [7, 11) is 0. The van der Waals surface area contributed by atoms with E-state index in [-0.39, 0.29) is 11.4 Å². The average molecular weight is 613 g/mol. The average Bonchev–Trinajstić information content (AvgIpc) is 3.01. The third-order valence-electron chi connectivity index (χ3n) is 8.82. The lowest BCUT2D eigenvalue weighted by Crippen LogP contribution is -2.23. The van der Waals surface area contributed by atoms with Crippen molar-refractivity contribution in [3.8, 4) is 44.8 Å². The fourth-order valence-electron chi connectivity index (χ4n) is 6.26. The summed E-state index contributed by atoms with van der Waals surface area (Å²) in [6.07, 6.45) is 0. The quantitative estimate of drug-likeness (QED) is 0.187. The lowest BCUT2D eigenvalue weighted by Gasteiger charge is -2.27. The summed E-state index contributed by atoms with van der Waals surface area (Å²) >= 11 is 0. The molecular weight excluding hydrogens is 577 g/mol. The van der Waals surface area contributed by atoms with E-state index in [0.717, 1.165) is 61.8 Å². The Labute approximate surface area is 268 Å². The normalized spacial score (nSPS) is 11.6. The summed E-state index contributed by atoms with van der Waals surface area (Å²) in [6, 6.07) is 30.3. The highest BCUT2D eigenvalue weighted by Gasteiger charge is 2.30. The molecule has 46 heavy (non-hydrogen) atoms. The summed E-state index contributed by atoms with van der Waals surface area (Å²) in [5.74, 6) is -1.64. The van der Waals surface area contributed by atoms with Crippen molar-refractivity contribution in [2.45, 2.75) is 47.0 Å². The van der Waals surface area contributed by atoms with E-state index in [4.69, 9.17) is 9.97 Å². The molecular formula is C41H35F3N2. The van der Waals surface area contributed by atoms with E-state index >= 15 is 4.39 Å². The van der Waals surface area contributed by atoms with Crippen molar-refractivity contribution in [2.24, 2.45) is 0 Å². The Balaban J connectivity index is 1.62. The van der Waals surface area contributed by atoms with E-state index < -0.39 is 17.0 Å². The van der Waals surface area contributed by atoms with Crippen molar-refractivity contribution >= 4 is 0 Å². The molecule has 6 rings (SSSR count). The van der Waals surface area contributed by atoms with Gasteiger partial charge in [-0.15, -0.1) is 0 Å². The molecule has 230 valence electrons. The molecule has 0 aliphatic heterocycles. The molecule has 2 heterocycles. The zero-order valence-corrected chi connectivity index (χ0v) is 26.8. The Kier molecular flexibility index (Phi) is 8.11. The molecule has 0 amide bonds. The van der Waals surface area contributed by atoms with Crippen LogP contribution in [0.3, 0.4) is 0 Å². The van der Waals surface area contributed by atoms with Gasteiger partial charge in [-0.2, -0.15) is 0 Å². The van der Waals surface area contributed by atoms with Crippen molar-refractivity contribution in [3.05, 3.63) is 154 Å². The van der Waals surface area contributed by atoms with Crippen LogP contribution in [0, 0.1) is 45.1 Å². The lowest BCUT2D eigenvalue weighted by molar-refractivity contribution is 0.583. The monoisotopic (exact) mass is 612 g/mol. The van der Waals surface area contributed by atoms with Gasteiger partial charge in [0.05, 0.1) is 22.8 Å². The fourth-order valence-corrected chi connectivity index (χ4v) is 6.26. The zero-order chi connectivity index (χ0) is 32.7. The molecule has 5 heteroatoms.